The lowest BCUT2D eigenvalue weighted by atomic mass is 10.0. The molecule has 0 saturated heterocycles. The predicted molar refractivity (Wildman–Crippen MR) is 111 cm³/mol. The SMILES string of the molecule is Cc1sc2ncn(CCOc3ccccc3)c(=O)c2c1-c1ccc(Cl)cc1. The van der Waals surface area contributed by atoms with Crippen LogP contribution in [-0.4, -0.2) is 16.2 Å². The molecule has 0 bridgehead atoms. The van der Waals surface area contributed by atoms with Crippen molar-refractivity contribution < 1.29 is 4.74 Å². The second-order valence-electron chi connectivity index (χ2n) is 6.12. The molecule has 0 saturated carbocycles. The Kier molecular flexibility index (Phi) is 4.97. The molecule has 0 fully saturated rings. The highest BCUT2D eigenvalue weighted by molar-refractivity contribution is 7.19. The number of ether oxygens (including phenoxy) is 1. The number of aromatic nitrogens is 2. The number of fused-ring (bicyclic) bond motifs is 1. The Morgan fingerprint density at radius 2 is 1.85 bits per heavy atom. The molecule has 2 aromatic heterocycles. The van der Waals surface area contributed by atoms with Crippen molar-refractivity contribution in [2.75, 3.05) is 6.61 Å². The minimum atomic E-state index is -0.0500. The third-order valence-corrected chi connectivity index (χ3v) is 5.60. The van der Waals surface area contributed by atoms with Gasteiger partial charge in [-0.25, -0.2) is 4.98 Å². The standard InChI is InChI=1S/C21H17ClN2O2S/c1-14-18(15-7-9-16(22)10-8-15)19-20(27-14)23-13-24(21(19)25)11-12-26-17-5-3-2-4-6-17/h2-10,13H,11-12H2,1H3. The minimum Gasteiger partial charge on any atom is -0.492 e. The van der Waals surface area contributed by atoms with Crippen molar-refractivity contribution in [2.24, 2.45) is 0 Å². The lowest BCUT2D eigenvalue weighted by molar-refractivity contribution is 0.296. The van der Waals surface area contributed by atoms with Gasteiger partial charge in [0.15, 0.2) is 0 Å². The van der Waals surface area contributed by atoms with Gasteiger partial charge in [0.05, 0.1) is 18.3 Å². The molecule has 0 radical (unpaired) electrons. The normalized spacial score (nSPS) is 11.0. The zero-order valence-corrected chi connectivity index (χ0v) is 16.3. The Balaban J connectivity index is 1.67. The van der Waals surface area contributed by atoms with E-state index in [-0.39, 0.29) is 5.56 Å². The van der Waals surface area contributed by atoms with E-state index in [4.69, 9.17) is 16.3 Å². The highest BCUT2D eigenvalue weighted by Crippen LogP contribution is 2.35. The summed E-state index contributed by atoms with van der Waals surface area (Å²) in [6.45, 7) is 2.85. The van der Waals surface area contributed by atoms with Crippen LogP contribution in [0.1, 0.15) is 4.88 Å². The van der Waals surface area contributed by atoms with Gasteiger partial charge in [-0.1, -0.05) is 41.9 Å². The number of benzene rings is 2. The molecule has 4 rings (SSSR count). The molecule has 6 heteroatoms. The van der Waals surface area contributed by atoms with E-state index in [0.29, 0.717) is 23.6 Å². The number of hydrogen-bond donors (Lipinski definition) is 0. The first-order valence-corrected chi connectivity index (χ1v) is 9.75. The largest absolute Gasteiger partial charge is 0.492 e. The van der Waals surface area contributed by atoms with E-state index in [1.54, 1.807) is 10.9 Å². The van der Waals surface area contributed by atoms with Crippen LogP contribution in [0.5, 0.6) is 5.75 Å². The molecule has 2 aromatic carbocycles. The maximum Gasteiger partial charge on any atom is 0.262 e. The summed E-state index contributed by atoms with van der Waals surface area (Å²) in [4.78, 5) is 19.4. The van der Waals surface area contributed by atoms with Crippen LogP contribution in [0.25, 0.3) is 21.3 Å². The van der Waals surface area contributed by atoms with Crippen molar-refractivity contribution in [1.29, 1.82) is 0 Å². The van der Waals surface area contributed by atoms with Crippen molar-refractivity contribution in [2.45, 2.75) is 13.5 Å². The van der Waals surface area contributed by atoms with Gasteiger partial charge in [0.2, 0.25) is 0 Å². The molecule has 0 unspecified atom stereocenters. The molecule has 0 spiro atoms. The van der Waals surface area contributed by atoms with E-state index in [0.717, 1.165) is 26.6 Å². The van der Waals surface area contributed by atoms with Gasteiger partial charge >= 0.3 is 0 Å². The molecule has 4 nitrogen and oxygen atoms in total. The van der Waals surface area contributed by atoms with Crippen LogP contribution in [0.3, 0.4) is 0 Å². The van der Waals surface area contributed by atoms with Gasteiger partial charge in [-0.15, -0.1) is 11.3 Å². The van der Waals surface area contributed by atoms with E-state index in [2.05, 4.69) is 4.98 Å². The lowest BCUT2D eigenvalue weighted by Crippen LogP contribution is -2.23. The second kappa shape index (κ2) is 7.55. The molecule has 0 N–H and O–H groups in total. The van der Waals surface area contributed by atoms with Crippen LogP contribution < -0.4 is 10.3 Å². The zero-order chi connectivity index (χ0) is 18.8. The quantitative estimate of drug-likeness (QED) is 0.467. The molecule has 0 amide bonds. The number of nitrogens with zero attached hydrogens (tertiary/aromatic N) is 2. The average molecular weight is 397 g/mol. The maximum absolute atomic E-state index is 13.1. The third-order valence-electron chi connectivity index (χ3n) is 4.33. The number of halogens is 1. The van der Waals surface area contributed by atoms with Crippen LogP contribution in [0.2, 0.25) is 5.02 Å². The summed E-state index contributed by atoms with van der Waals surface area (Å²) in [7, 11) is 0. The van der Waals surface area contributed by atoms with Gasteiger partial charge in [0.1, 0.15) is 17.2 Å². The van der Waals surface area contributed by atoms with E-state index >= 15 is 0 Å². The lowest BCUT2D eigenvalue weighted by Gasteiger charge is -2.08. The fourth-order valence-electron chi connectivity index (χ4n) is 3.04. The van der Waals surface area contributed by atoms with Crippen LogP contribution >= 0.6 is 22.9 Å². The van der Waals surface area contributed by atoms with Crippen molar-refractivity contribution in [1.82, 2.24) is 9.55 Å². The van der Waals surface area contributed by atoms with Gasteiger partial charge in [-0.2, -0.15) is 0 Å². The molecule has 2 heterocycles. The summed E-state index contributed by atoms with van der Waals surface area (Å²) in [5.74, 6) is 0.785. The maximum atomic E-state index is 13.1. The third kappa shape index (κ3) is 3.61. The Hall–Kier alpha value is -2.63. The Labute approximate surface area is 165 Å². The van der Waals surface area contributed by atoms with Crippen LogP contribution in [0, 0.1) is 6.92 Å². The van der Waals surface area contributed by atoms with Gasteiger partial charge in [0, 0.05) is 15.5 Å². The van der Waals surface area contributed by atoms with E-state index < -0.39 is 0 Å². The van der Waals surface area contributed by atoms with Gasteiger partial charge in [0.25, 0.3) is 5.56 Å². The molecule has 0 aliphatic rings. The van der Waals surface area contributed by atoms with Gasteiger partial charge in [-0.3, -0.25) is 9.36 Å². The minimum absolute atomic E-state index is 0.0500. The smallest absolute Gasteiger partial charge is 0.262 e. The van der Waals surface area contributed by atoms with Crippen molar-refractivity contribution in [3.63, 3.8) is 0 Å². The average Bonchev–Trinajstić information content (AvgIpc) is 3.02. The van der Waals surface area contributed by atoms with Gasteiger partial charge < -0.3 is 4.74 Å². The van der Waals surface area contributed by atoms with Crippen molar-refractivity contribution >= 4 is 33.2 Å². The number of para-hydroxylation sites is 1. The van der Waals surface area contributed by atoms with E-state index in [1.807, 2.05) is 61.5 Å². The number of hydrogen-bond acceptors (Lipinski definition) is 4. The Bertz CT molecular complexity index is 1130. The first kappa shape index (κ1) is 17.8. The summed E-state index contributed by atoms with van der Waals surface area (Å²) in [5.41, 5.74) is 1.86. The van der Waals surface area contributed by atoms with Crippen molar-refractivity contribution in [3.05, 3.63) is 81.2 Å². The highest BCUT2D eigenvalue weighted by Gasteiger charge is 2.16. The molecule has 27 heavy (non-hydrogen) atoms. The Morgan fingerprint density at radius 3 is 2.59 bits per heavy atom. The number of thiophene rings is 1. The summed E-state index contributed by atoms with van der Waals surface area (Å²) in [5, 5.41) is 1.33. The van der Waals surface area contributed by atoms with Gasteiger partial charge in [-0.05, 0) is 36.8 Å². The molecule has 4 aromatic rings. The number of rotatable bonds is 5. The summed E-state index contributed by atoms with van der Waals surface area (Å²) < 4.78 is 7.32. The summed E-state index contributed by atoms with van der Waals surface area (Å²) >= 11 is 7.54. The van der Waals surface area contributed by atoms with Crippen molar-refractivity contribution in [3.8, 4) is 16.9 Å². The van der Waals surface area contributed by atoms with Crippen LogP contribution in [0.4, 0.5) is 0 Å². The van der Waals surface area contributed by atoms with Crippen LogP contribution in [0.15, 0.2) is 65.7 Å². The first-order valence-electron chi connectivity index (χ1n) is 8.56. The number of aryl methyl sites for hydroxylation is 1. The topological polar surface area (TPSA) is 44.1 Å². The molecule has 0 atom stereocenters. The van der Waals surface area contributed by atoms with E-state index in [9.17, 15) is 4.79 Å². The highest BCUT2D eigenvalue weighted by atomic mass is 35.5. The monoisotopic (exact) mass is 396 g/mol. The zero-order valence-electron chi connectivity index (χ0n) is 14.7. The molecule has 0 aliphatic heterocycles. The first-order chi connectivity index (χ1) is 13.1. The second-order valence-corrected chi connectivity index (χ2v) is 7.76. The molecule has 136 valence electrons. The molecule has 0 aliphatic carbocycles. The Morgan fingerprint density at radius 1 is 1.11 bits per heavy atom. The van der Waals surface area contributed by atoms with E-state index in [1.165, 1.54) is 11.3 Å². The molecular formula is C21H17ClN2O2S. The molecular weight excluding hydrogens is 380 g/mol. The fourth-order valence-corrected chi connectivity index (χ4v) is 4.17. The van der Waals surface area contributed by atoms with Crippen LogP contribution in [-0.2, 0) is 6.54 Å². The summed E-state index contributed by atoms with van der Waals surface area (Å²) in [6.07, 6.45) is 1.60. The summed E-state index contributed by atoms with van der Waals surface area (Å²) in [6, 6.07) is 17.1. The fraction of sp³-hybridized carbons (Fsp3) is 0.143. The predicted octanol–water partition coefficient (Wildman–Crippen LogP) is 5.17.